The summed E-state index contributed by atoms with van der Waals surface area (Å²) in [6.07, 6.45) is 1.50. The predicted octanol–water partition coefficient (Wildman–Crippen LogP) is 3.81. The van der Waals surface area contributed by atoms with Gasteiger partial charge in [-0.2, -0.15) is 0 Å². The summed E-state index contributed by atoms with van der Waals surface area (Å²) in [6, 6.07) is 16.2. The van der Waals surface area contributed by atoms with Crippen molar-refractivity contribution in [1.29, 1.82) is 0 Å². The molecule has 0 saturated carbocycles. The largest absolute Gasteiger partial charge is 0.486 e. The lowest BCUT2D eigenvalue weighted by Gasteiger charge is -2.16. The third kappa shape index (κ3) is 2.49. The Morgan fingerprint density at radius 3 is 2.74 bits per heavy atom. The molecule has 1 N–H and O–H groups in total. The summed E-state index contributed by atoms with van der Waals surface area (Å²) in [7, 11) is 0. The van der Waals surface area contributed by atoms with Gasteiger partial charge in [0.25, 0.3) is 0 Å². The van der Waals surface area contributed by atoms with Crippen molar-refractivity contribution < 1.29 is 9.84 Å². The molecule has 0 bridgehead atoms. The molecular formula is C17H18O2. The third-order valence-electron chi connectivity index (χ3n) is 3.74. The number of rotatable bonds is 3. The minimum absolute atomic E-state index is 0.0329. The molecule has 2 aromatic carbocycles. The van der Waals surface area contributed by atoms with Gasteiger partial charge in [-0.1, -0.05) is 36.4 Å². The minimum atomic E-state index is -0.296. The van der Waals surface area contributed by atoms with Gasteiger partial charge in [-0.05, 0) is 48.6 Å². The van der Waals surface area contributed by atoms with Crippen molar-refractivity contribution in [2.24, 2.45) is 0 Å². The molecule has 0 radical (unpaired) electrons. The lowest BCUT2D eigenvalue weighted by molar-refractivity contribution is 0.180. The quantitative estimate of drug-likeness (QED) is 0.902. The van der Waals surface area contributed by atoms with Gasteiger partial charge in [0, 0.05) is 0 Å². The summed E-state index contributed by atoms with van der Waals surface area (Å²) in [5.74, 6) is 0.879. The van der Waals surface area contributed by atoms with Gasteiger partial charge >= 0.3 is 0 Å². The van der Waals surface area contributed by atoms with Gasteiger partial charge in [0.15, 0.2) is 0 Å². The van der Waals surface area contributed by atoms with Crippen LogP contribution in [0.4, 0.5) is 0 Å². The average Bonchev–Trinajstić information content (AvgIpc) is 2.81. The van der Waals surface area contributed by atoms with E-state index in [1.807, 2.05) is 30.3 Å². The van der Waals surface area contributed by atoms with Gasteiger partial charge < -0.3 is 9.84 Å². The van der Waals surface area contributed by atoms with Crippen LogP contribution in [-0.2, 0) is 6.42 Å². The normalized spacial score (nSPS) is 18.9. The molecule has 19 heavy (non-hydrogen) atoms. The Labute approximate surface area is 113 Å². The Balaban J connectivity index is 1.77. The Morgan fingerprint density at radius 1 is 1.16 bits per heavy atom. The highest BCUT2D eigenvalue weighted by molar-refractivity contribution is 5.40. The molecule has 1 aliphatic carbocycles. The molecule has 1 aliphatic rings. The fourth-order valence-electron chi connectivity index (χ4n) is 2.64. The first-order valence-corrected chi connectivity index (χ1v) is 6.76. The minimum Gasteiger partial charge on any atom is -0.486 e. The van der Waals surface area contributed by atoms with Crippen LogP contribution in [0, 0.1) is 0 Å². The Bertz CT molecular complexity index is 563. The summed E-state index contributed by atoms with van der Waals surface area (Å²) < 4.78 is 5.98. The Hall–Kier alpha value is -1.80. The first-order valence-electron chi connectivity index (χ1n) is 6.76. The van der Waals surface area contributed by atoms with Gasteiger partial charge in [0.05, 0.1) is 6.10 Å². The van der Waals surface area contributed by atoms with E-state index < -0.39 is 0 Å². The zero-order chi connectivity index (χ0) is 13.2. The molecule has 0 aromatic heterocycles. The van der Waals surface area contributed by atoms with Crippen molar-refractivity contribution >= 4 is 0 Å². The first kappa shape index (κ1) is 12.2. The van der Waals surface area contributed by atoms with Gasteiger partial charge in [0.2, 0.25) is 0 Å². The van der Waals surface area contributed by atoms with Crippen molar-refractivity contribution in [3.8, 4) is 5.75 Å². The second-order valence-corrected chi connectivity index (χ2v) is 5.09. The highest BCUT2D eigenvalue weighted by Gasteiger charge is 2.20. The van der Waals surface area contributed by atoms with E-state index in [9.17, 15) is 5.11 Å². The van der Waals surface area contributed by atoms with Gasteiger partial charge in [-0.15, -0.1) is 0 Å². The highest BCUT2D eigenvalue weighted by atomic mass is 16.5. The zero-order valence-electron chi connectivity index (χ0n) is 11.0. The number of hydrogen-bond acceptors (Lipinski definition) is 2. The smallest absolute Gasteiger partial charge is 0.121 e. The van der Waals surface area contributed by atoms with E-state index in [1.54, 1.807) is 0 Å². The highest BCUT2D eigenvalue weighted by Crippen LogP contribution is 2.34. The summed E-state index contributed by atoms with van der Waals surface area (Å²) in [4.78, 5) is 0. The number of aliphatic hydroxyl groups is 1. The van der Waals surface area contributed by atoms with E-state index in [4.69, 9.17) is 4.74 Å². The Kier molecular flexibility index (Phi) is 3.26. The molecule has 0 aliphatic heterocycles. The van der Waals surface area contributed by atoms with E-state index in [2.05, 4.69) is 25.1 Å². The maximum absolute atomic E-state index is 9.79. The number of aryl methyl sites for hydroxylation is 1. The van der Waals surface area contributed by atoms with Crippen LogP contribution >= 0.6 is 0 Å². The summed E-state index contributed by atoms with van der Waals surface area (Å²) >= 11 is 0. The molecule has 3 rings (SSSR count). The van der Waals surface area contributed by atoms with E-state index in [0.717, 1.165) is 24.2 Å². The predicted molar refractivity (Wildman–Crippen MR) is 75.2 cm³/mol. The first-order chi connectivity index (χ1) is 9.24. The van der Waals surface area contributed by atoms with Crippen LogP contribution in [-0.4, -0.2) is 5.11 Å². The molecule has 2 nitrogen and oxygen atoms in total. The molecule has 98 valence electrons. The topological polar surface area (TPSA) is 29.5 Å². The maximum Gasteiger partial charge on any atom is 0.121 e. The Morgan fingerprint density at radius 2 is 1.95 bits per heavy atom. The molecule has 2 aromatic rings. The van der Waals surface area contributed by atoms with Gasteiger partial charge in [0.1, 0.15) is 11.9 Å². The lowest BCUT2D eigenvalue weighted by Crippen LogP contribution is -2.03. The summed E-state index contributed by atoms with van der Waals surface area (Å²) in [5.41, 5.74) is 3.44. The number of hydrogen-bond donors (Lipinski definition) is 1. The lowest BCUT2D eigenvalue weighted by atomic mass is 10.1. The van der Waals surface area contributed by atoms with Crippen LogP contribution < -0.4 is 4.74 Å². The van der Waals surface area contributed by atoms with E-state index in [0.29, 0.717) is 0 Å². The zero-order valence-corrected chi connectivity index (χ0v) is 11.0. The van der Waals surface area contributed by atoms with Crippen LogP contribution in [0.15, 0.2) is 48.5 Å². The molecular weight excluding hydrogens is 236 g/mol. The maximum atomic E-state index is 9.79. The monoisotopic (exact) mass is 254 g/mol. The van der Waals surface area contributed by atoms with Gasteiger partial charge in [-0.3, -0.25) is 0 Å². The van der Waals surface area contributed by atoms with Crippen molar-refractivity contribution in [2.75, 3.05) is 0 Å². The number of fused-ring (bicyclic) bond motifs is 1. The van der Waals surface area contributed by atoms with E-state index >= 15 is 0 Å². The second kappa shape index (κ2) is 5.06. The van der Waals surface area contributed by atoms with Crippen LogP contribution in [0.3, 0.4) is 0 Å². The fourth-order valence-corrected chi connectivity index (χ4v) is 2.64. The molecule has 0 spiro atoms. The van der Waals surface area contributed by atoms with Crippen molar-refractivity contribution in [3.63, 3.8) is 0 Å². The fraction of sp³-hybridized carbons (Fsp3) is 0.294. The molecule has 0 amide bonds. The van der Waals surface area contributed by atoms with Gasteiger partial charge in [-0.25, -0.2) is 0 Å². The standard InChI is InChI=1S/C17H18O2/c1-12(13-5-3-2-4-6-13)19-15-8-9-16-14(11-15)7-10-17(16)18/h2-6,8-9,11-12,17-18H,7,10H2,1H3. The molecule has 2 atom stereocenters. The van der Waals surface area contributed by atoms with Crippen LogP contribution in [0.1, 0.15) is 42.2 Å². The molecule has 0 saturated heterocycles. The second-order valence-electron chi connectivity index (χ2n) is 5.09. The van der Waals surface area contributed by atoms with E-state index in [1.165, 1.54) is 11.1 Å². The van der Waals surface area contributed by atoms with Crippen LogP contribution in [0.5, 0.6) is 5.75 Å². The van der Waals surface area contributed by atoms with Crippen molar-refractivity contribution in [1.82, 2.24) is 0 Å². The molecule has 0 fully saturated rings. The van der Waals surface area contributed by atoms with Crippen molar-refractivity contribution in [2.45, 2.75) is 32.0 Å². The average molecular weight is 254 g/mol. The third-order valence-corrected chi connectivity index (χ3v) is 3.74. The van der Waals surface area contributed by atoms with Crippen molar-refractivity contribution in [3.05, 3.63) is 65.2 Å². The van der Waals surface area contributed by atoms with E-state index in [-0.39, 0.29) is 12.2 Å². The number of ether oxygens (including phenoxy) is 1. The molecule has 2 unspecified atom stereocenters. The summed E-state index contributed by atoms with van der Waals surface area (Å²) in [5, 5.41) is 9.79. The molecule has 0 heterocycles. The SMILES string of the molecule is CC(Oc1ccc2c(c1)CCC2O)c1ccccc1. The summed E-state index contributed by atoms with van der Waals surface area (Å²) in [6.45, 7) is 2.05. The number of benzene rings is 2. The molecule has 2 heteroatoms. The number of aliphatic hydroxyl groups excluding tert-OH is 1. The van der Waals surface area contributed by atoms with Crippen LogP contribution in [0.2, 0.25) is 0 Å². The van der Waals surface area contributed by atoms with Crippen LogP contribution in [0.25, 0.3) is 0 Å².